The topological polar surface area (TPSA) is 24.9 Å². The smallest absolute Gasteiger partial charge is 0.188 e. The maximum atomic E-state index is 13.5. The molecule has 0 saturated carbocycles. The van der Waals surface area contributed by atoms with Crippen molar-refractivity contribution in [1.29, 1.82) is 0 Å². The van der Waals surface area contributed by atoms with E-state index in [2.05, 4.69) is 10.3 Å². The Balaban J connectivity index is 1.96. The van der Waals surface area contributed by atoms with Gasteiger partial charge in [0.15, 0.2) is 5.13 Å². The number of halogens is 2. The lowest BCUT2D eigenvalue weighted by Gasteiger charge is -2.03. The lowest BCUT2D eigenvalue weighted by molar-refractivity contribution is 0.586. The van der Waals surface area contributed by atoms with E-state index in [1.165, 1.54) is 23.5 Å². The number of thiazole rings is 1. The summed E-state index contributed by atoms with van der Waals surface area (Å²) in [5.41, 5.74) is 1.07. The molecule has 2 aromatic carbocycles. The Hall–Kier alpha value is -2.01. The van der Waals surface area contributed by atoms with Crippen molar-refractivity contribution in [2.24, 2.45) is 0 Å². The monoisotopic (exact) mass is 262 g/mol. The second-order valence-corrected chi connectivity index (χ2v) is 4.77. The highest BCUT2D eigenvalue weighted by Crippen LogP contribution is 2.28. The summed E-state index contributed by atoms with van der Waals surface area (Å²) in [7, 11) is 0. The van der Waals surface area contributed by atoms with Gasteiger partial charge in [-0.3, -0.25) is 0 Å². The van der Waals surface area contributed by atoms with Crippen molar-refractivity contribution >= 4 is 32.4 Å². The quantitative estimate of drug-likeness (QED) is 0.744. The average molecular weight is 262 g/mol. The number of rotatable bonds is 2. The third kappa shape index (κ3) is 2.04. The van der Waals surface area contributed by atoms with Gasteiger partial charge in [0.05, 0.1) is 15.9 Å². The van der Waals surface area contributed by atoms with Gasteiger partial charge in [-0.25, -0.2) is 13.8 Å². The number of nitrogens with one attached hydrogen (secondary N) is 1. The van der Waals surface area contributed by atoms with Crippen molar-refractivity contribution in [3.8, 4) is 0 Å². The van der Waals surface area contributed by atoms with Gasteiger partial charge in [0, 0.05) is 6.07 Å². The van der Waals surface area contributed by atoms with Gasteiger partial charge in [-0.2, -0.15) is 0 Å². The van der Waals surface area contributed by atoms with Crippen LogP contribution in [0.1, 0.15) is 0 Å². The summed E-state index contributed by atoms with van der Waals surface area (Å²) in [6.07, 6.45) is 0. The molecule has 0 atom stereocenters. The van der Waals surface area contributed by atoms with Crippen molar-refractivity contribution in [3.63, 3.8) is 0 Å². The van der Waals surface area contributed by atoms with E-state index in [0.717, 1.165) is 16.3 Å². The first-order valence-electron chi connectivity index (χ1n) is 5.30. The Morgan fingerprint density at radius 2 is 1.89 bits per heavy atom. The van der Waals surface area contributed by atoms with E-state index in [-0.39, 0.29) is 5.69 Å². The molecule has 1 aromatic heterocycles. The SMILES string of the molecule is Fc1ccc(Nc2nc3ccccc3s2)c(F)c1. The van der Waals surface area contributed by atoms with Gasteiger partial charge in [-0.05, 0) is 24.3 Å². The number of benzene rings is 2. The number of para-hydroxylation sites is 1. The molecule has 1 heterocycles. The third-order valence-corrected chi connectivity index (χ3v) is 3.42. The summed E-state index contributed by atoms with van der Waals surface area (Å²) in [6, 6.07) is 11.1. The van der Waals surface area contributed by atoms with E-state index in [4.69, 9.17) is 0 Å². The van der Waals surface area contributed by atoms with Crippen molar-refractivity contribution < 1.29 is 8.78 Å². The Labute approximate surface area is 106 Å². The highest BCUT2D eigenvalue weighted by Gasteiger charge is 2.07. The van der Waals surface area contributed by atoms with E-state index in [9.17, 15) is 8.78 Å². The Kier molecular flexibility index (Phi) is 2.68. The molecule has 5 heteroatoms. The first-order chi connectivity index (χ1) is 8.72. The number of aromatic nitrogens is 1. The molecule has 2 nitrogen and oxygen atoms in total. The lowest BCUT2D eigenvalue weighted by atomic mass is 10.3. The Morgan fingerprint density at radius 3 is 2.67 bits per heavy atom. The Bertz CT molecular complexity index is 676. The molecule has 0 spiro atoms. The van der Waals surface area contributed by atoms with Gasteiger partial charge in [-0.1, -0.05) is 23.5 Å². The van der Waals surface area contributed by atoms with Crippen LogP contribution in [0.2, 0.25) is 0 Å². The predicted octanol–water partition coefficient (Wildman–Crippen LogP) is 4.32. The minimum atomic E-state index is -0.630. The first-order valence-corrected chi connectivity index (χ1v) is 6.12. The molecular weight excluding hydrogens is 254 g/mol. The lowest BCUT2D eigenvalue weighted by Crippen LogP contribution is -1.93. The van der Waals surface area contributed by atoms with E-state index in [1.54, 1.807) is 0 Å². The fourth-order valence-electron chi connectivity index (χ4n) is 1.63. The molecule has 0 unspecified atom stereocenters. The summed E-state index contributed by atoms with van der Waals surface area (Å²) in [6.45, 7) is 0. The molecule has 0 aliphatic heterocycles. The van der Waals surface area contributed by atoms with Crippen LogP contribution < -0.4 is 5.32 Å². The normalized spacial score (nSPS) is 10.8. The van der Waals surface area contributed by atoms with Gasteiger partial charge in [-0.15, -0.1) is 0 Å². The molecule has 0 radical (unpaired) electrons. The van der Waals surface area contributed by atoms with Crippen LogP contribution in [0.25, 0.3) is 10.2 Å². The van der Waals surface area contributed by atoms with E-state index in [1.807, 2.05) is 24.3 Å². The number of hydrogen-bond donors (Lipinski definition) is 1. The van der Waals surface area contributed by atoms with Crippen LogP contribution >= 0.6 is 11.3 Å². The number of fused-ring (bicyclic) bond motifs is 1. The highest BCUT2D eigenvalue weighted by atomic mass is 32.1. The summed E-state index contributed by atoms with van der Waals surface area (Å²) < 4.78 is 27.3. The van der Waals surface area contributed by atoms with E-state index >= 15 is 0 Å². The molecule has 18 heavy (non-hydrogen) atoms. The van der Waals surface area contributed by atoms with Crippen molar-refractivity contribution in [2.75, 3.05) is 5.32 Å². The number of anilines is 2. The second kappa shape index (κ2) is 4.34. The van der Waals surface area contributed by atoms with Crippen LogP contribution in [-0.4, -0.2) is 4.98 Å². The molecule has 3 aromatic rings. The fraction of sp³-hybridized carbons (Fsp3) is 0. The molecule has 1 N–H and O–H groups in total. The fourth-order valence-corrected chi connectivity index (χ4v) is 2.51. The molecule has 0 amide bonds. The van der Waals surface area contributed by atoms with Crippen molar-refractivity contribution in [1.82, 2.24) is 4.98 Å². The molecular formula is C13H8F2N2S. The molecule has 0 saturated heterocycles. The minimum Gasteiger partial charge on any atom is -0.329 e. The van der Waals surface area contributed by atoms with E-state index in [0.29, 0.717) is 5.13 Å². The predicted molar refractivity (Wildman–Crippen MR) is 69.3 cm³/mol. The number of hydrogen-bond acceptors (Lipinski definition) is 3. The largest absolute Gasteiger partial charge is 0.329 e. The molecule has 0 aliphatic rings. The van der Waals surface area contributed by atoms with Crippen LogP contribution in [0.15, 0.2) is 42.5 Å². The zero-order valence-corrected chi connectivity index (χ0v) is 9.97. The van der Waals surface area contributed by atoms with Gasteiger partial charge in [0.2, 0.25) is 0 Å². The molecule has 90 valence electrons. The van der Waals surface area contributed by atoms with Crippen LogP contribution in [0, 0.1) is 11.6 Å². The zero-order valence-electron chi connectivity index (χ0n) is 9.15. The minimum absolute atomic E-state index is 0.218. The van der Waals surface area contributed by atoms with Crippen LogP contribution in [0.3, 0.4) is 0 Å². The van der Waals surface area contributed by atoms with Crippen LogP contribution in [0.5, 0.6) is 0 Å². The van der Waals surface area contributed by atoms with Crippen LogP contribution in [0.4, 0.5) is 19.6 Å². The third-order valence-electron chi connectivity index (χ3n) is 2.47. The summed E-state index contributed by atoms with van der Waals surface area (Å²) >= 11 is 1.42. The number of nitrogens with zero attached hydrogens (tertiary/aromatic N) is 1. The van der Waals surface area contributed by atoms with Crippen molar-refractivity contribution in [3.05, 3.63) is 54.1 Å². The zero-order chi connectivity index (χ0) is 12.5. The van der Waals surface area contributed by atoms with Crippen molar-refractivity contribution in [2.45, 2.75) is 0 Å². The van der Waals surface area contributed by atoms with Gasteiger partial charge < -0.3 is 5.32 Å². The maximum Gasteiger partial charge on any atom is 0.188 e. The van der Waals surface area contributed by atoms with Gasteiger partial charge >= 0.3 is 0 Å². The van der Waals surface area contributed by atoms with Gasteiger partial charge in [0.1, 0.15) is 11.6 Å². The van der Waals surface area contributed by atoms with Gasteiger partial charge in [0.25, 0.3) is 0 Å². The average Bonchev–Trinajstić information content (AvgIpc) is 2.75. The standard InChI is InChI=1S/C13H8F2N2S/c14-8-5-6-10(9(15)7-8)16-13-17-11-3-1-2-4-12(11)18-13/h1-7H,(H,16,17). The Morgan fingerprint density at radius 1 is 1.06 bits per heavy atom. The van der Waals surface area contributed by atoms with E-state index < -0.39 is 11.6 Å². The molecule has 0 aliphatic carbocycles. The molecule has 0 fully saturated rings. The molecule has 3 rings (SSSR count). The highest BCUT2D eigenvalue weighted by molar-refractivity contribution is 7.22. The summed E-state index contributed by atoms with van der Waals surface area (Å²) in [4.78, 5) is 4.32. The maximum absolute atomic E-state index is 13.5. The van der Waals surface area contributed by atoms with Crippen LogP contribution in [-0.2, 0) is 0 Å². The second-order valence-electron chi connectivity index (χ2n) is 3.74. The summed E-state index contributed by atoms with van der Waals surface area (Å²) in [5, 5.41) is 3.44. The molecule has 0 bridgehead atoms. The first kappa shape index (κ1) is 11.1. The summed E-state index contributed by atoms with van der Waals surface area (Å²) in [5.74, 6) is -1.23.